The number of halogens is 3. The van der Waals surface area contributed by atoms with E-state index < -0.39 is 8.32 Å². The van der Waals surface area contributed by atoms with E-state index in [1.54, 1.807) is 6.07 Å². The van der Waals surface area contributed by atoms with E-state index in [1.165, 1.54) is 36.4 Å². The molecule has 2 unspecified atom stereocenters. The molecule has 47 heavy (non-hydrogen) atoms. The number of carbonyl (C=O) groups excluding carboxylic acids is 1. The Hall–Kier alpha value is -0.557. The summed E-state index contributed by atoms with van der Waals surface area (Å²) in [7, 11) is -0.574. The maximum absolute atomic E-state index is 10.2. The fraction of sp³-hybridized carbons (Fsp3) is 0.474. The second-order valence-electron chi connectivity index (χ2n) is 10.5. The van der Waals surface area contributed by atoms with Crippen molar-refractivity contribution in [3.8, 4) is 0 Å². The number of fused-ring (bicyclic) bond motifs is 1. The summed E-state index contributed by atoms with van der Waals surface area (Å²) >= 11 is 6.65. The third kappa shape index (κ3) is 22.0. The molecule has 4 rings (SSSR count). The van der Waals surface area contributed by atoms with Crippen molar-refractivity contribution < 1.29 is 31.8 Å². The molecular formula is C38H59Br2ClMgO4Si. The van der Waals surface area contributed by atoms with E-state index in [0.29, 0.717) is 11.7 Å². The first kappa shape index (κ1) is 53.2. The number of benzene rings is 3. The molecule has 0 radical (unpaired) electrons. The second-order valence-corrected chi connectivity index (χ2v) is 16.0. The van der Waals surface area contributed by atoms with E-state index >= 15 is 0 Å². The molecule has 0 saturated carbocycles. The molecule has 2 atom stereocenters. The SMILES string of the molecule is CC.CCCCC(O)c1ccccc1Br.CCCCC1O[Si](C)(C)c2ccccc21.CO.O=Cc1ccccc1Br.[CH2-]CCC.[Cl-].[Mg+2]. The minimum Gasteiger partial charge on any atom is -1.00 e. The smallest absolute Gasteiger partial charge is 1.00 e. The number of carbonyl (C=O) groups is 1. The molecule has 0 bridgehead atoms. The summed E-state index contributed by atoms with van der Waals surface area (Å²) in [6, 6.07) is 23.9. The number of rotatable bonds is 9. The Balaban J connectivity index is -0.000000265. The maximum Gasteiger partial charge on any atom is 2.00 e. The summed E-state index contributed by atoms with van der Waals surface area (Å²) < 4.78 is 8.11. The Labute approximate surface area is 327 Å². The van der Waals surface area contributed by atoms with Crippen LogP contribution < -0.4 is 17.6 Å². The molecular weight excluding hydrogens is 768 g/mol. The summed E-state index contributed by atoms with van der Waals surface area (Å²) in [6.45, 7) is 18.7. The minimum absolute atomic E-state index is 0. The predicted molar refractivity (Wildman–Crippen MR) is 211 cm³/mol. The zero-order chi connectivity index (χ0) is 34.7. The van der Waals surface area contributed by atoms with Gasteiger partial charge in [0.2, 0.25) is 8.32 Å². The van der Waals surface area contributed by atoms with Gasteiger partial charge in [-0.25, -0.2) is 0 Å². The van der Waals surface area contributed by atoms with Crippen LogP contribution in [0.15, 0.2) is 81.7 Å². The van der Waals surface area contributed by atoms with Gasteiger partial charge in [-0.1, -0.05) is 159 Å². The van der Waals surface area contributed by atoms with Crippen LogP contribution in [0.2, 0.25) is 13.1 Å². The molecule has 3 aromatic carbocycles. The van der Waals surface area contributed by atoms with Crippen LogP contribution in [0, 0.1) is 6.92 Å². The van der Waals surface area contributed by atoms with Crippen molar-refractivity contribution in [1.82, 2.24) is 0 Å². The van der Waals surface area contributed by atoms with Crippen LogP contribution in [-0.2, 0) is 4.43 Å². The second kappa shape index (κ2) is 33.9. The molecule has 0 fully saturated rings. The normalized spacial score (nSPS) is 13.4. The molecule has 1 aliphatic heterocycles. The van der Waals surface area contributed by atoms with Crippen molar-refractivity contribution in [2.45, 2.75) is 111 Å². The molecule has 4 nitrogen and oxygen atoms in total. The number of unbranched alkanes of at least 4 members (excludes halogenated alkanes) is 3. The standard InChI is InChI=1S/C13H20OSi.C11H15BrO.C7H5BrO.C4H9.C2H6.CH4O.ClH.Mg/c1-4-5-9-12-11-8-6-7-10-13(11)15(2,3)14-12;1-2-3-8-11(13)9-6-4-5-7-10(9)12;8-7-4-2-1-3-6(7)5-9;1-3-4-2;2*1-2;;/h6-8,10,12H,4-5,9H2,1-3H3;4-7,11,13H,2-3,8H2,1H3;1-5H;1,3-4H2,2H3;1-2H3;2H,1H3;1H;/q;;;-1;;;;+2/p-1. The average Bonchev–Trinajstić information content (AvgIpc) is 3.35. The Morgan fingerprint density at radius 2 is 1.34 bits per heavy atom. The van der Waals surface area contributed by atoms with Crippen molar-refractivity contribution in [2.75, 3.05) is 7.11 Å². The molecule has 3 aromatic rings. The van der Waals surface area contributed by atoms with Crippen molar-refractivity contribution in [3.63, 3.8) is 0 Å². The summed E-state index contributed by atoms with van der Waals surface area (Å²) in [5.74, 6) is 0. The largest absolute Gasteiger partial charge is 2.00 e. The van der Waals surface area contributed by atoms with Crippen LogP contribution in [0.4, 0.5) is 0 Å². The summed E-state index contributed by atoms with van der Waals surface area (Å²) in [5, 5.41) is 18.3. The van der Waals surface area contributed by atoms with Gasteiger partial charge in [-0.05, 0) is 54.4 Å². The van der Waals surface area contributed by atoms with Crippen LogP contribution in [0.25, 0.3) is 0 Å². The third-order valence-corrected chi connectivity index (χ3v) is 10.8. The van der Waals surface area contributed by atoms with Gasteiger partial charge in [0.05, 0.1) is 12.2 Å². The molecule has 0 aromatic heterocycles. The molecule has 1 heterocycles. The molecule has 0 spiro atoms. The van der Waals surface area contributed by atoms with Gasteiger partial charge in [0.1, 0.15) is 0 Å². The fourth-order valence-corrected chi connectivity index (χ4v) is 7.73. The van der Waals surface area contributed by atoms with E-state index in [4.69, 9.17) is 9.53 Å². The van der Waals surface area contributed by atoms with Gasteiger partial charge in [0.15, 0.2) is 6.29 Å². The zero-order valence-electron chi connectivity index (χ0n) is 30.1. The molecule has 9 heteroatoms. The monoisotopic (exact) mass is 824 g/mol. The molecule has 1 aliphatic rings. The number of hydrogen-bond donors (Lipinski definition) is 2. The van der Waals surface area contributed by atoms with Crippen molar-refractivity contribution in [3.05, 3.63) is 105 Å². The van der Waals surface area contributed by atoms with E-state index in [9.17, 15) is 9.90 Å². The quantitative estimate of drug-likeness (QED) is 0.130. The fourth-order valence-electron chi connectivity index (χ4n) is 4.28. The predicted octanol–water partition coefficient (Wildman–Crippen LogP) is 8.17. The van der Waals surface area contributed by atoms with Crippen LogP contribution in [0.5, 0.6) is 0 Å². The Bertz CT molecular complexity index is 1150. The number of hydrogen-bond acceptors (Lipinski definition) is 4. The van der Waals surface area contributed by atoms with Gasteiger partial charge in [-0.15, -0.1) is 0 Å². The Kier molecular flexibility index (Phi) is 38.4. The van der Waals surface area contributed by atoms with E-state index in [-0.39, 0.29) is 41.6 Å². The van der Waals surface area contributed by atoms with Crippen molar-refractivity contribution in [2.24, 2.45) is 0 Å². The Morgan fingerprint density at radius 1 is 0.851 bits per heavy atom. The van der Waals surface area contributed by atoms with E-state index in [0.717, 1.165) is 53.6 Å². The summed E-state index contributed by atoms with van der Waals surface area (Å²) in [4.78, 5) is 10.2. The minimum atomic E-state index is -1.57. The van der Waals surface area contributed by atoms with Crippen LogP contribution in [0.3, 0.4) is 0 Å². The van der Waals surface area contributed by atoms with Crippen LogP contribution >= 0.6 is 31.9 Å². The van der Waals surface area contributed by atoms with Gasteiger partial charge in [0, 0.05) is 21.6 Å². The van der Waals surface area contributed by atoms with Gasteiger partial charge in [-0.3, -0.25) is 4.79 Å². The molecule has 0 aliphatic carbocycles. The van der Waals surface area contributed by atoms with Crippen LogP contribution in [0.1, 0.15) is 120 Å². The number of aliphatic hydroxyl groups is 2. The van der Waals surface area contributed by atoms with E-state index in [2.05, 4.69) is 96.9 Å². The molecule has 262 valence electrons. The molecule has 0 saturated heterocycles. The van der Waals surface area contributed by atoms with Gasteiger partial charge >= 0.3 is 23.1 Å². The zero-order valence-corrected chi connectivity index (χ0v) is 36.4. The van der Waals surface area contributed by atoms with E-state index in [1.807, 2.05) is 56.3 Å². The topological polar surface area (TPSA) is 66.8 Å². The first-order chi connectivity index (χ1) is 21.7. The first-order valence-electron chi connectivity index (χ1n) is 16.3. The number of aliphatic hydroxyl groups excluding tert-OH is 2. The van der Waals surface area contributed by atoms with Crippen molar-refractivity contribution >= 4 is 74.7 Å². The van der Waals surface area contributed by atoms with Gasteiger partial charge < -0.3 is 34.0 Å². The number of aldehydes is 1. The Morgan fingerprint density at radius 3 is 1.81 bits per heavy atom. The summed E-state index contributed by atoms with van der Waals surface area (Å²) in [5.41, 5.74) is 3.15. The molecule has 0 amide bonds. The summed E-state index contributed by atoms with van der Waals surface area (Å²) in [6.07, 6.45) is 9.91. The van der Waals surface area contributed by atoms with Crippen LogP contribution in [-0.4, -0.2) is 55.0 Å². The van der Waals surface area contributed by atoms with Gasteiger partial charge in [0.25, 0.3) is 0 Å². The van der Waals surface area contributed by atoms with Gasteiger partial charge in [-0.2, -0.15) is 6.42 Å². The van der Waals surface area contributed by atoms with Crippen molar-refractivity contribution in [1.29, 1.82) is 0 Å². The first-order valence-corrected chi connectivity index (χ1v) is 20.8. The third-order valence-electron chi connectivity index (χ3n) is 6.69. The maximum atomic E-state index is 10.2. The molecule has 2 N–H and O–H groups in total. The average molecular weight is 828 g/mol.